The Morgan fingerprint density at radius 2 is 2.00 bits per heavy atom. The molecule has 1 rings (SSSR count). The predicted octanol–water partition coefficient (Wildman–Crippen LogP) is 3.09. The summed E-state index contributed by atoms with van der Waals surface area (Å²) in [4.78, 5) is 0. The van der Waals surface area contributed by atoms with Crippen LogP contribution in [0.4, 0.5) is 0 Å². The third kappa shape index (κ3) is 3.81. The molecule has 2 heteroatoms. The fourth-order valence-corrected chi connectivity index (χ4v) is 2.28. The minimum Gasteiger partial charge on any atom is -0.374 e. The van der Waals surface area contributed by atoms with E-state index in [0.717, 1.165) is 5.75 Å². The van der Waals surface area contributed by atoms with E-state index in [-0.39, 0.29) is 0 Å². The van der Waals surface area contributed by atoms with Crippen molar-refractivity contribution in [2.45, 2.75) is 57.5 Å². The molecule has 0 saturated carbocycles. The molecule has 72 valence electrons. The van der Waals surface area contributed by atoms with Gasteiger partial charge < -0.3 is 4.74 Å². The van der Waals surface area contributed by atoms with E-state index in [1.165, 1.54) is 12.8 Å². The van der Waals surface area contributed by atoms with Gasteiger partial charge >= 0.3 is 0 Å². The molecule has 1 saturated heterocycles. The van der Waals surface area contributed by atoms with Gasteiger partial charge in [-0.3, -0.25) is 0 Å². The molecule has 12 heavy (non-hydrogen) atoms. The summed E-state index contributed by atoms with van der Waals surface area (Å²) in [5.74, 6) is 1.16. The van der Waals surface area contributed by atoms with Gasteiger partial charge in [-0.2, -0.15) is 11.8 Å². The van der Waals surface area contributed by atoms with Crippen molar-refractivity contribution in [2.24, 2.45) is 0 Å². The minimum absolute atomic E-state index is 0.384. The molecule has 1 aliphatic rings. The molecule has 0 aromatic heterocycles. The van der Waals surface area contributed by atoms with Gasteiger partial charge in [-0.25, -0.2) is 0 Å². The maximum atomic E-state index is 5.74. The molecule has 1 aliphatic heterocycles. The van der Waals surface area contributed by atoms with Crippen molar-refractivity contribution in [2.75, 3.05) is 5.75 Å². The zero-order valence-electron chi connectivity index (χ0n) is 8.59. The highest BCUT2D eigenvalue weighted by Crippen LogP contribution is 2.29. The van der Waals surface area contributed by atoms with Gasteiger partial charge in [-0.15, -0.1) is 0 Å². The van der Waals surface area contributed by atoms with Crippen LogP contribution in [0.5, 0.6) is 0 Å². The minimum atomic E-state index is 0.384. The lowest BCUT2D eigenvalue weighted by Crippen LogP contribution is -2.17. The lowest BCUT2D eigenvalue weighted by Gasteiger charge is -2.20. The van der Waals surface area contributed by atoms with Crippen LogP contribution < -0.4 is 0 Å². The average molecular weight is 188 g/mol. The Bertz CT molecular complexity index is 139. The molecular weight excluding hydrogens is 168 g/mol. The summed E-state index contributed by atoms with van der Waals surface area (Å²) in [6.07, 6.45) is 3.51. The van der Waals surface area contributed by atoms with Crippen LogP contribution in [0.1, 0.15) is 40.5 Å². The Labute approximate surface area is 80.3 Å². The van der Waals surface area contributed by atoms with Crippen LogP contribution in [0.25, 0.3) is 0 Å². The monoisotopic (exact) mass is 188 g/mol. The Morgan fingerprint density at radius 3 is 2.42 bits per heavy atom. The third-order valence-electron chi connectivity index (χ3n) is 2.02. The molecule has 1 heterocycles. The fourth-order valence-electron chi connectivity index (χ4n) is 1.35. The molecule has 1 nitrogen and oxygen atoms in total. The SMILES string of the molecule is CC1CCC(CSC(C)(C)C)O1. The maximum absolute atomic E-state index is 5.74. The molecule has 0 aliphatic carbocycles. The highest BCUT2D eigenvalue weighted by atomic mass is 32.2. The average Bonchev–Trinajstić information content (AvgIpc) is 2.30. The number of rotatable bonds is 2. The van der Waals surface area contributed by atoms with Gasteiger partial charge in [0.15, 0.2) is 0 Å². The normalized spacial score (nSPS) is 31.0. The lowest BCUT2D eigenvalue weighted by atomic mass is 10.2. The standard InChI is InChI=1S/C10H20OS/c1-8-5-6-9(11-8)7-12-10(2,3)4/h8-9H,5-7H2,1-4H3. The summed E-state index contributed by atoms with van der Waals surface area (Å²) in [5.41, 5.74) is 0. The van der Waals surface area contributed by atoms with E-state index >= 15 is 0 Å². The van der Waals surface area contributed by atoms with Gasteiger partial charge in [0.1, 0.15) is 0 Å². The molecule has 0 N–H and O–H groups in total. The summed E-state index contributed by atoms with van der Waals surface area (Å²) >= 11 is 2.01. The molecule has 0 amide bonds. The van der Waals surface area contributed by atoms with Crippen LogP contribution in [0.15, 0.2) is 0 Å². The number of ether oxygens (including phenoxy) is 1. The Hall–Kier alpha value is 0.310. The lowest BCUT2D eigenvalue weighted by molar-refractivity contribution is 0.0698. The van der Waals surface area contributed by atoms with Gasteiger partial charge in [-0.1, -0.05) is 20.8 Å². The molecule has 0 aromatic carbocycles. The van der Waals surface area contributed by atoms with Crippen LogP contribution in [0, 0.1) is 0 Å². The van der Waals surface area contributed by atoms with Crippen molar-refractivity contribution in [3.63, 3.8) is 0 Å². The number of hydrogen-bond acceptors (Lipinski definition) is 2. The first-order chi connectivity index (χ1) is 5.47. The van der Waals surface area contributed by atoms with Crippen molar-refractivity contribution in [1.29, 1.82) is 0 Å². The predicted molar refractivity (Wildman–Crippen MR) is 55.8 cm³/mol. The van der Waals surface area contributed by atoms with Gasteiger partial charge in [0, 0.05) is 10.5 Å². The zero-order valence-corrected chi connectivity index (χ0v) is 9.41. The summed E-state index contributed by atoms with van der Waals surface area (Å²) in [7, 11) is 0. The smallest absolute Gasteiger partial charge is 0.0670 e. The quantitative estimate of drug-likeness (QED) is 0.658. The summed E-state index contributed by atoms with van der Waals surface area (Å²) in [5, 5.41) is 0. The Morgan fingerprint density at radius 1 is 1.33 bits per heavy atom. The Balaban J connectivity index is 2.16. The largest absolute Gasteiger partial charge is 0.374 e. The van der Waals surface area contributed by atoms with Crippen LogP contribution in [0.2, 0.25) is 0 Å². The first-order valence-electron chi connectivity index (χ1n) is 4.77. The van der Waals surface area contributed by atoms with Crippen LogP contribution in [0.3, 0.4) is 0 Å². The van der Waals surface area contributed by atoms with Crippen molar-refractivity contribution < 1.29 is 4.74 Å². The van der Waals surface area contributed by atoms with Gasteiger partial charge in [0.05, 0.1) is 12.2 Å². The molecule has 2 atom stereocenters. The highest BCUT2D eigenvalue weighted by Gasteiger charge is 2.23. The first kappa shape index (κ1) is 10.4. The summed E-state index contributed by atoms with van der Waals surface area (Å²) in [6, 6.07) is 0. The van der Waals surface area contributed by atoms with Gasteiger partial charge in [0.25, 0.3) is 0 Å². The van der Waals surface area contributed by atoms with Gasteiger partial charge in [0.2, 0.25) is 0 Å². The van der Waals surface area contributed by atoms with Crippen LogP contribution in [-0.4, -0.2) is 22.7 Å². The van der Waals surface area contributed by atoms with E-state index in [2.05, 4.69) is 27.7 Å². The van der Waals surface area contributed by atoms with E-state index in [0.29, 0.717) is 17.0 Å². The molecule has 2 unspecified atom stereocenters. The summed E-state index contributed by atoms with van der Waals surface area (Å²) < 4.78 is 6.12. The Kier molecular flexibility index (Phi) is 3.47. The molecule has 0 radical (unpaired) electrons. The van der Waals surface area contributed by atoms with E-state index < -0.39 is 0 Å². The van der Waals surface area contributed by atoms with Crippen molar-refractivity contribution in [1.82, 2.24) is 0 Å². The number of thioether (sulfide) groups is 1. The third-order valence-corrected chi connectivity index (χ3v) is 3.43. The topological polar surface area (TPSA) is 9.23 Å². The van der Waals surface area contributed by atoms with Gasteiger partial charge in [-0.05, 0) is 19.8 Å². The summed E-state index contributed by atoms with van der Waals surface area (Å²) in [6.45, 7) is 8.95. The van der Waals surface area contributed by atoms with E-state index in [1.54, 1.807) is 0 Å². The fraction of sp³-hybridized carbons (Fsp3) is 1.00. The number of hydrogen-bond donors (Lipinski definition) is 0. The molecule has 0 spiro atoms. The van der Waals surface area contributed by atoms with Crippen molar-refractivity contribution in [3.8, 4) is 0 Å². The maximum Gasteiger partial charge on any atom is 0.0670 e. The van der Waals surface area contributed by atoms with Crippen LogP contribution in [-0.2, 0) is 4.74 Å². The van der Waals surface area contributed by atoms with E-state index in [9.17, 15) is 0 Å². The van der Waals surface area contributed by atoms with Crippen molar-refractivity contribution in [3.05, 3.63) is 0 Å². The second kappa shape index (κ2) is 4.01. The molecular formula is C10H20OS. The molecule has 1 fully saturated rings. The van der Waals surface area contributed by atoms with Crippen LogP contribution >= 0.6 is 11.8 Å². The van der Waals surface area contributed by atoms with Crippen molar-refractivity contribution >= 4 is 11.8 Å². The molecule has 0 bridgehead atoms. The van der Waals surface area contributed by atoms with E-state index in [4.69, 9.17) is 4.74 Å². The second-order valence-electron chi connectivity index (χ2n) is 4.57. The first-order valence-corrected chi connectivity index (χ1v) is 5.75. The molecule has 0 aromatic rings. The second-order valence-corrected chi connectivity index (χ2v) is 6.42. The van der Waals surface area contributed by atoms with E-state index in [1.807, 2.05) is 11.8 Å². The zero-order chi connectivity index (χ0) is 9.19. The highest BCUT2D eigenvalue weighted by molar-refractivity contribution is 8.00.